The van der Waals surface area contributed by atoms with Crippen molar-refractivity contribution in [3.63, 3.8) is 0 Å². The number of fused-ring (bicyclic) bond motifs is 1. The second-order valence-corrected chi connectivity index (χ2v) is 11.7. The number of carbonyl (C=O) groups excluding carboxylic acids is 1. The molecule has 2 aromatic heterocycles. The minimum atomic E-state index is -4.08. The Hall–Kier alpha value is -3.55. The summed E-state index contributed by atoms with van der Waals surface area (Å²) < 4.78 is 43.9. The van der Waals surface area contributed by atoms with E-state index in [0.717, 1.165) is 24.8 Å². The number of methoxy groups -OCH3 is 1. The number of nitrogen functional groups attached to an aromatic ring is 1. The van der Waals surface area contributed by atoms with E-state index in [0.29, 0.717) is 24.4 Å². The molecule has 1 saturated heterocycles. The van der Waals surface area contributed by atoms with Crippen LogP contribution in [-0.2, 0) is 28.1 Å². The van der Waals surface area contributed by atoms with Crippen LogP contribution < -0.4 is 20.9 Å². The van der Waals surface area contributed by atoms with E-state index in [1.165, 1.54) is 20.4 Å². The van der Waals surface area contributed by atoms with E-state index in [1.807, 2.05) is 0 Å². The highest BCUT2D eigenvalue weighted by Crippen LogP contribution is 2.57. The molecular formula is C26H33N6O8P. The van der Waals surface area contributed by atoms with Gasteiger partial charge in [0, 0.05) is 18.2 Å². The van der Waals surface area contributed by atoms with Crippen molar-refractivity contribution in [3.8, 4) is 5.75 Å². The van der Waals surface area contributed by atoms with Gasteiger partial charge in [-0.05, 0) is 50.3 Å². The molecule has 4 N–H and O–H groups in total. The lowest BCUT2D eigenvalue weighted by molar-refractivity contribution is -0.171. The number of ether oxygens (including phenoxy) is 3. The minimum absolute atomic E-state index is 0.0318. The quantitative estimate of drug-likeness (QED) is 0.208. The lowest BCUT2D eigenvalue weighted by Crippen LogP contribution is -2.35. The van der Waals surface area contributed by atoms with Gasteiger partial charge in [0.25, 0.3) is 5.56 Å². The van der Waals surface area contributed by atoms with Gasteiger partial charge in [0.1, 0.15) is 18.1 Å². The van der Waals surface area contributed by atoms with Crippen molar-refractivity contribution in [1.82, 2.24) is 24.6 Å². The highest BCUT2D eigenvalue weighted by molar-refractivity contribution is 7.52. The summed E-state index contributed by atoms with van der Waals surface area (Å²) in [5, 5.41) is 2.67. The molecule has 3 heterocycles. The number of nitrogens with one attached hydrogen (secondary N) is 2. The Morgan fingerprint density at radius 1 is 1.34 bits per heavy atom. The maximum absolute atomic E-state index is 13.9. The molecule has 5 rings (SSSR count). The first-order chi connectivity index (χ1) is 19.7. The fourth-order valence-corrected chi connectivity index (χ4v) is 6.09. The number of imidazole rings is 1. The zero-order chi connectivity index (χ0) is 29.0. The van der Waals surface area contributed by atoms with Gasteiger partial charge in [0.2, 0.25) is 5.95 Å². The van der Waals surface area contributed by atoms with E-state index in [4.69, 9.17) is 29.0 Å². The van der Waals surface area contributed by atoms with Gasteiger partial charge < -0.3 is 24.5 Å². The number of anilines is 1. The molecule has 1 saturated carbocycles. The Kier molecular flexibility index (Phi) is 8.57. The first-order valence-electron chi connectivity index (χ1n) is 13.2. The summed E-state index contributed by atoms with van der Waals surface area (Å²) in [6.07, 6.45) is 6.15. The molecule has 1 aliphatic carbocycles. The van der Waals surface area contributed by atoms with Crippen LogP contribution in [0.25, 0.3) is 17.4 Å². The topological polar surface area (TPSA) is 182 Å². The molecule has 14 nitrogen and oxygen atoms in total. The summed E-state index contributed by atoms with van der Waals surface area (Å²) in [6.45, 7) is 2.26. The van der Waals surface area contributed by atoms with Gasteiger partial charge >= 0.3 is 13.7 Å². The predicted molar refractivity (Wildman–Crippen MR) is 149 cm³/mol. The number of carbonyl (C=O) groups is 1. The van der Waals surface area contributed by atoms with Gasteiger partial charge in [-0.25, -0.2) is 9.55 Å². The molecular weight excluding hydrogens is 555 g/mol. The normalized spacial score (nSPS) is 23.7. The highest BCUT2D eigenvalue weighted by Gasteiger charge is 2.52. The zero-order valence-corrected chi connectivity index (χ0v) is 23.7. The van der Waals surface area contributed by atoms with Crippen molar-refractivity contribution in [3.05, 3.63) is 52.6 Å². The molecule has 3 aromatic rings. The van der Waals surface area contributed by atoms with Crippen LogP contribution >= 0.6 is 7.75 Å². The SMILES string of the molecule is COC(=O)[C@H](C)NP(=O)(OCC1(COC2CCCCO2)C/C1=C\n1cnc2c(=O)[nH]c(N)nc21)Oc1ccccc1. The summed E-state index contributed by atoms with van der Waals surface area (Å²) in [7, 11) is -2.85. The third-order valence-corrected chi connectivity index (χ3v) is 8.52. The van der Waals surface area contributed by atoms with Crippen LogP contribution in [0, 0.1) is 5.41 Å². The average Bonchev–Trinajstić information content (AvgIpc) is 3.50. The number of aromatic amines is 1. The molecule has 2 fully saturated rings. The Morgan fingerprint density at radius 3 is 2.88 bits per heavy atom. The van der Waals surface area contributed by atoms with Crippen LogP contribution in [0.5, 0.6) is 5.75 Å². The van der Waals surface area contributed by atoms with E-state index < -0.39 is 30.7 Å². The Morgan fingerprint density at radius 2 is 2.15 bits per heavy atom. The van der Waals surface area contributed by atoms with Crippen molar-refractivity contribution >= 4 is 37.0 Å². The molecule has 0 bridgehead atoms. The molecule has 0 radical (unpaired) electrons. The fourth-order valence-electron chi connectivity index (χ4n) is 4.52. The van der Waals surface area contributed by atoms with E-state index >= 15 is 0 Å². The van der Waals surface area contributed by atoms with Crippen molar-refractivity contribution in [2.24, 2.45) is 5.41 Å². The number of para-hydroxylation sites is 1. The van der Waals surface area contributed by atoms with Crippen molar-refractivity contribution in [1.29, 1.82) is 0 Å². The average molecular weight is 589 g/mol. The molecule has 1 aromatic carbocycles. The van der Waals surface area contributed by atoms with Crippen LogP contribution in [0.4, 0.5) is 5.95 Å². The van der Waals surface area contributed by atoms with Gasteiger partial charge in [-0.1, -0.05) is 18.2 Å². The molecule has 4 atom stereocenters. The molecule has 0 spiro atoms. The van der Waals surface area contributed by atoms with Gasteiger partial charge in [0.05, 0.1) is 20.3 Å². The van der Waals surface area contributed by atoms with E-state index in [9.17, 15) is 14.2 Å². The lowest BCUT2D eigenvalue weighted by atomic mass is 10.1. The molecule has 15 heteroatoms. The van der Waals surface area contributed by atoms with Crippen molar-refractivity contribution in [2.45, 2.75) is 44.9 Å². The Labute approximate surface area is 235 Å². The summed E-state index contributed by atoms with van der Waals surface area (Å²) in [5.74, 6) is -0.360. The molecule has 0 amide bonds. The van der Waals surface area contributed by atoms with Crippen LogP contribution in [0.3, 0.4) is 0 Å². The largest absolute Gasteiger partial charge is 0.468 e. The molecule has 2 aliphatic rings. The first kappa shape index (κ1) is 29.0. The number of hydrogen-bond acceptors (Lipinski definition) is 11. The number of hydrogen-bond donors (Lipinski definition) is 3. The summed E-state index contributed by atoms with van der Waals surface area (Å²) >= 11 is 0. The zero-order valence-electron chi connectivity index (χ0n) is 22.8. The second kappa shape index (κ2) is 12.1. The maximum atomic E-state index is 13.9. The van der Waals surface area contributed by atoms with Crippen LogP contribution in [0.1, 0.15) is 32.6 Å². The first-order valence-corrected chi connectivity index (χ1v) is 14.8. The monoisotopic (exact) mass is 588 g/mol. The van der Waals surface area contributed by atoms with Crippen LogP contribution in [0.2, 0.25) is 0 Å². The maximum Gasteiger partial charge on any atom is 0.459 e. The number of nitrogens with zero attached hydrogens (tertiary/aromatic N) is 3. The Balaban J connectivity index is 1.40. The van der Waals surface area contributed by atoms with Gasteiger partial charge in [-0.2, -0.15) is 10.1 Å². The van der Waals surface area contributed by atoms with Gasteiger partial charge in [0.15, 0.2) is 17.5 Å². The van der Waals surface area contributed by atoms with Gasteiger partial charge in [-0.3, -0.25) is 23.7 Å². The number of rotatable bonds is 12. The molecule has 220 valence electrons. The number of aromatic nitrogens is 4. The summed E-state index contributed by atoms with van der Waals surface area (Å²) in [5.41, 5.74) is 5.92. The molecule has 3 unspecified atom stereocenters. The Bertz CT molecular complexity index is 1520. The fraction of sp³-hybridized carbons (Fsp3) is 0.462. The lowest BCUT2D eigenvalue weighted by Gasteiger charge is -2.27. The standard InChI is InChI=1S/C26H33N6O8P/c1-17(24(34)36-2)31-41(35,40-19-8-4-3-5-9-19)39-15-26(14-38-20-10-6-7-11-37-20)12-18(26)13-32-16-28-21-22(32)29-25(27)30-23(21)33/h3-5,8-9,13,16-17,20H,6-7,10-12,14-15H2,1-2H3,(H,31,35)(H3,27,29,30,33)/b18-13+/t17-,20?,26?,41?/m0/s1. The highest BCUT2D eigenvalue weighted by atomic mass is 31.2. The summed E-state index contributed by atoms with van der Waals surface area (Å²) in [6, 6.07) is 7.54. The van der Waals surface area contributed by atoms with E-state index in [-0.39, 0.29) is 31.0 Å². The van der Waals surface area contributed by atoms with Crippen molar-refractivity contribution in [2.75, 3.05) is 32.7 Å². The number of nitrogens with two attached hydrogens (primary N) is 1. The van der Waals surface area contributed by atoms with E-state index in [2.05, 4.69) is 20.0 Å². The molecule has 1 aliphatic heterocycles. The third-order valence-electron chi connectivity index (χ3n) is 6.90. The number of benzene rings is 1. The van der Waals surface area contributed by atoms with Gasteiger partial charge in [-0.15, -0.1) is 0 Å². The minimum Gasteiger partial charge on any atom is -0.468 e. The van der Waals surface area contributed by atoms with Crippen LogP contribution in [-0.4, -0.2) is 64.8 Å². The number of esters is 1. The second-order valence-electron chi connectivity index (χ2n) is 10.0. The third kappa shape index (κ3) is 6.85. The van der Waals surface area contributed by atoms with E-state index in [1.54, 1.807) is 41.1 Å². The van der Waals surface area contributed by atoms with Crippen LogP contribution in [0.15, 0.2) is 47.0 Å². The smallest absolute Gasteiger partial charge is 0.459 e. The number of H-pyrrole nitrogens is 1. The molecule has 41 heavy (non-hydrogen) atoms. The predicted octanol–water partition coefficient (Wildman–Crippen LogP) is 2.83. The van der Waals surface area contributed by atoms with Crippen molar-refractivity contribution < 1.29 is 32.6 Å². The summed E-state index contributed by atoms with van der Waals surface area (Å²) in [4.78, 5) is 35.1.